The highest BCUT2D eigenvalue weighted by atomic mass is 32.2. The van der Waals surface area contributed by atoms with Crippen LogP contribution in [-0.4, -0.2) is 34.7 Å². The Labute approximate surface area is 131 Å². The molecule has 2 heterocycles. The number of sulfonamides is 1. The van der Waals surface area contributed by atoms with Crippen LogP contribution in [-0.2, 0) is 21.3 Å². The summed E-state index contributed by atoms with van der Waals surface area (Å²) < 4.78 is 33.3. The van der Waals surface area contributed by atoms with Crippen LogP contribution in [0.25, 0.3) is 0 Å². The lowest BCUT2D eigenvalue weighted by Gasteiger charge is -2.22. The van der Waals surface area contributed by atoms with Gasteiger partial charge in [0.2, 0.25) is 10.0 Å². The number of thiophene rings is 1. The zero-order valence-electron chi connectivity index (χ0n) is 12.6. The van der Waals surface area contributed by atoms with Crippen LogP contribution < -0.4 is 10.0 Å². The van der Waals surface area contributed by atoms with E-state index in [1.807, 2.05) is 19.4 Å². The van der Waals surface area contributed by atoms with Crippen LogP contribution in [0.4, 0.5) is 0 Å². The highest BCUT2D eigenvalue weighted by Gasteiger charge is 2.23. The lowest BCUT2D eigenvalue weighted by molar-refractivity contribution is 0.0123. The zero-order valence-corrected chi connectivity index (χ0v) is 14.3. The maximum atomic E-state index is 12.5. The van der Waals surface area contributed by atoms with Crippen molar-refractivity contribution in [1.82, 2.24) is 10.0 Å². The lowest BCUT2D eigenvalue weighted by atomic mass is 10.1. The number of aryl methyl sites for hydroxylation is 1. The average molecular weight is 332 g/mol. The predicted octanol–water partition coefficient (Wildman–Crippen LogP) is 2.01. The van der Waals surface area contributed by atoms with Gasteiger partial charge in [0.15, 0.2) is 0 Å². The Kier molecular flexibility index (Phi) is 6.19. The molecule has 1 aliphatic rings. The summed E-state index contributed by atoms with van der Waals surface area (Å²) in [6.45, 7) is 3.64. The third kappa shape index (κ3) is 4.50. The Hall–Kier alpha value is -0.470. The Morgan fingerprint density at radius 2 is 2.24 bits per heavy atom. The molecule has 0 amide bonds. The molecule has 0 spiro atoms. The number of ether oxygens (including phenoxy) is 1. The van der Waals surface area contributed by atoms with Crippen LogP contribution in [0.3, 0.4) is 0 Å². The maximum absolute atomic E-state index is 12.5. The van der Waals surface area contributed by atoms with Crippen molar-refractivity contribution in [1.29, 1.82) is 0 Å². The van der Waals surface area contributed by atoms with Crippen LogP contribution >= 0.6 is 11.3 Å². The lowest BCUT2D eigenvalue weighted by Crippen LogP contribution is -2.30. The van der Waals surface area contributed by atoms with Gasteiger partial charge in [-0.05, 0) is 50.6 Å². The number of rotatable bonds is 7. The molecule has 0 aromatic carbocycles. The molecule has 0 bridgehead atoms. The van der Waals surface area contributed by atoms with Gasteiger partial charge in [0.25, 0.3) is 0 Å². The summed E-state index contributed by atoms with van der Waals surface area (Å²) in [5.74, 6) is 0. The minimum atomic E-state index is -3.44. The number of hydrogen-bond donors (Lipinski definition) is 2. The smallest absolute Gasteiger partial charge is 0.241 e. The second-order valence-corrected chi connectivity index (χ2v) is 8.04. The molecule has 1 aromatic rings. The quantitative estimate of drug-likeness (QED) is 0.801. The minimum absolute atomic E-state index is 0.196. The molecule has 0 radical (unpaired) electrons. The summed E-state index contributed by atoms with van der Waals surface area (Å²) in [5.41, 5.74) is 0.812. The van der Waals surface area contributed by atoms with Crippen molar-refractivity contribution in [2.75, 3.05) is 20.2 Å². The van der Waals surface area contributed by atoms with E-state index in [2.05, 4.69) is 10.0 Å². The molecule has 1 fully saturated rings. The van der Waals surface area contributed by atoms with Gasteiger partial charge in [0.1, 0.15) is 4.90 Å². The van der Waals surface area contributed by atoms with Crippen molar-refractivity contribution in [2.45, 2.75) is 50.2 Å². The number of nitrogens with one attached hydrogen (secondary N) is 2. The van der Waals surface area contributed by atoms with Crippen molar-refractivity contribution >= 4 is 21.4 Å². The molecular weight excluding hydrogens is 308 g/mol. The Bertz CT molecular complexity index is 549. The minimum Gasteiger partial charge on any atom is -0.378 e. The summed E-state index contributed by atoms with van der Waals surface area (Å²) in [5, 5.41) is 4.91. The van der Waals surface area contributed by atoms with E-state index in [1.54, 1.807) is 0 Å². The Morgan fingerprint density at radius 1 is 1.43 bits per heavy atom. The molecule has 5 nitrogen and oxygen atoms in total. The molecule has 1 unspecified atom stereocenters. The maximum Gasteiger partial charge on any atom is 0.241 e. The van der Waals surface area contributed by atoms with Gasteiger partial charge < -0.3 is 10.1 Å². The van der Waals surface area contributed by atoms with Gasteiger partial charge in [-0.25, -0.2) is 13.1 Å². The molecular formula is C14H24N2O3S2. The van der Waals surface area contributed by atoms with Gasteiger partial charge in [0, 0.05) is 24.6 Å². The van der Waals surface area contributed by atoms with E-state index in [0.29, 0.717) is 18.0 Å². The fourth-order valence-electron chi connectivity index (χ4n) is 2.59. The van der Waals surface area contributed by atoms with E-state index in [4.69, 9.17) is 4.74 Å². The molecule has 1 atom stereocenters. The van der Waals surface area contributed by atoms with Crippen molar-refractivity contribution in [3.05, 3.63) is 15.8 Å². The fourth-order valence-corrected chi connectivity index (χ4v) is 5.46. The van der Waals surface area contributed by atoms with Gasteiger partial charge in [-0.15, -0.1) is 11.3 Å². The first kappa shape index (κ1) is 16.9. The van der Waals surface area contributed by atoms with E-state index >= 15 is 0 Å². The third-order valence-corrected chi connectivity index (χ3v) is 6.55. The molecule has 2 N–H and O–H groups in total. The topological polar surface area (TPSA) is 67.4 Å². The first-order valence-electron chi connectivity index (χ1n) is 7.37. The fraction of sp³-hybridized carbons (Fsp3) is 0.714. The Morgan fingerprint density at radius 3 is 2.90 bits per heavy atom. The van der Waals surface area contributed by atoms with E-state index in [9.17, 15) is 8.42 Å². The summed E-state index contributed by atoms with van der Waals surface area (Å²) >= 11 is 1.48. The Balaban J connectivity index is 1.96. The molecule has 1 aliphatic heterocycles. The van der Waals surface area contributed by atoms with Crippen LogP contribution in [0.15, 0.2) is 10.3 Å². The molecule has 1 saturated heterocycles. The zero-order chi connectivity index (χ0) is 15.3. The molecule has 2 rings (SSSR count). The molecule has 0 saturated carbocycles. The van der Waals surface area contributed by atoms with Crippen LogP contribution in [0, 0.1) is 6.92 Å². The van der Waals surface area contributed by atoms with Gasteiger partial charge in [-0.2, -0.15) is 0 Å². The predicted molar refractivity (Wildman–Crippen MR) is 85.2 cm³/mol. The van der Waals surface area contributed by atoms with Gasteiger partial charge in [-0.3, -0.25) is 0 Å². The van der Waals surface area contributed by atoms with E-state index in [1.165, 1.54) is 17.8 Å². The summed E-state index contributed by atoms with van der Waals surface area (Å²) in [6, 6.07) is 0. The normalized spacial score (nSPS) is 19.8. The highest BCUT2D eigenvalue weighted by Crippen LogP contribution is 2.26. The first-order chi connectivity index (χ1) is 10.0. The second kappa shape index (κ2) is 7.69. The average Bonchev–Trinajstić information content (AvgIpc) is 2.82. The summed E-state index contributed by atoms with van der Waals surface area (Å²) in [4.78, 5) is 1.29. The summed E-state index contributed by atoms with van der Waals surface area (Å²) in [7, 11) is -1.62. The van der Waals surface area contributed by atoms with Crippen molar-refractivity contribution in [3.8, 4) is 0 Å². The van der Waals surface area contributed by atoms with Gasteiger partial charge in [0.05, 0.1) is 6.10 Å². The summed E-state index contributed by atoms with van der Waals surface area (Å²) in [6.07, 6.45) is 4.26. The third-order valence-electron chi connectivity index (χ3n) is 3.63. The van der Waals surface area contributed by atoms with Crippen LogP contribution in [0.2, 0.25) is 0 Å². The number of hydrogen-bond acceptors (Lipinski definition) is 5. The highest BCUT2D eigenvalue weighted by molar-refractivity contribution is 7.89. The van der Waals surface area contributed by atoms with Crippen LogP contribution in [0.5, 0.6) is 0 Å². The molecule has 21 heavy (non-hydrogen) atoms. The SMILES string of the molecule is CNCc1scc(C)c1S(=O)(=O)NCCC1CCCCO1. The molecule has 120 valence electrons. The van der Waals surface area contributed by atoms with Crippen LogP contribution in [0.1, 0.15) is 36.1 Å². The van der Waals surface area contributed by atoms with Gasteiger partial charge >= 0.3 is 0 Å². The van der Waals surface area contributed by atoms with E-state index < -0.39 is 10.0 Å². The van der Waals surface area contributed by atoms with Crippen molar-refractivity contribution < 1.29 is 13.2 Å². The molecule has 7 heteroatoms. The molecule has 1 aromatic heterocycles. The molecule has 0 aliphatic carbocycles. The van der Waals surface area contributed by atoms with E-state index in [-0.39, 0.29) is 6.10 Å². The monoisotopic (exact) mass is 332 g/mol. The van der Waals surface area contributed by atoms with E-state index in [0.717, 1.165) is 36.3 Å². The van der Waals surface area contributed by atoms with Crippen molar-refractivity contribution in [2.24, 2.45) is 0 Å². The van der Waals surface area contributed by atoms with Crippen molar-refractivity contribution in [3.63, 3.8) is 0 Å². The first-order valence-corrected chi connectivity index (χ1v) is 9.73. The standard InChI is InChI=1S/C14H24N2O3S2/c1-11-10-20-13(9-15-2)14(11)21(17,18)16-7-6-12-5-3-4-8-19-12/h10,12,15-16H,3-9H2,1-2H3. The largest absolute Gasteiger partial charge is 0.378 e. The van der Waals surface area contributed by atoms with Gasteiger partial charge in [-0.1, -0.05) is 0 Å². The second-order valence-electron chi connectivity index (χ2n) is 5.38.